The van der Waals surface area contributed by atoms with Gasteiger partial charge in [0.25, 0.3) is 11.6 Å². The number of anilines is 2. The van der Waals surface area contributed by atoms with Crippen molar-refractivity contribution in [1.82, 2.24) is 4.90 Å². The Hall–Kier alpha value is -3.62. The highest BCUT2D eigenvalue weighted by atomic mass is 16.6. The molecule has 0 atom stereocenters. The van der Waals surface area contributed by atoms with Crippen molar-refractivity contribution in [2.75, 3.05) is 29.9 Å². The summed E-state index contributed by atoms with van der Waals surface area (Å²) in [5.74, 6) is -0.532. The third kappa shape index (κ3) is 5.90. The van der Waals surface area contributed by atoms with Gasteiger partial charge < -0.3 is 19.9 Å². The van der Waals surface area contributed by atoms with Crippen LogP contribution in [-0.2, 0) is 17.7 Å². The average molecular weight is 481 g/mol. The van der Waals surface area contributed by atoms with Crippen LogP contribution in [0.1, 0.15) is 61.5 Å². The van der Waals surface area contributed by atoms with Crippen LogP contribution in [0, 0.1) is 10.1 Å². The fourth-order valence-electron chi connectivity index (χ4n) is 4.53. The van der Waals surface area contributed by atoms with Crippen molar-refractivity contribution in [3.63, 3.8) is 0 Å². The molecule has 0 radical (unpaired) electrons. The number of hydrogen-bond acceptors (Lipinski definition) is 6. The van der Waals surface area contributed by atoms with Gasteiger partial charge in [0.15, 0.2) is 0 Å². The zero-order chi connectivity index (χ0) is 25.2. The van der Waals surface area contributed by atoms with Gasteiger partial charge in [-0.15, -0.1) is 0 Å². The normalized spacial score (nSPS) is 15.9. The molecule has 0 bridgehead atoms. The zero-order valence-corrected chi connectivity index (χ0v) is 20.5. The van der Waals surface area contributed by atoms with E-state index in [1.807, 2.05) is 32.9 Å². The summed E-state index contributed by atoms with van der Waals surface area (Å²) >= 11 is 0. The molecule has 4 rings (SSSR count). The summed E-state index contributed by atoms with van der Waals surface area (Å²) < 4.78 is 5.49. The number of nitro benzene ring substituents is 1. The van der Waals surface area contributed by atoms with E-state index < -0.39 is 16.4 Å². The van der Waals surface area contributed by atoms with E-state index in [-0.39, 0.29) is 17.3 Å². The van der Waals surface area contributed by atoms with Gasteiger partial charge in [-0.3, -0.25) is 14.9 Å². The quantitative estimate of drug-likeness (QED) is 0.480. The summed E-state index contributed by atoms with van der Waals surface area (Å²) in [6, 6.07) is 10.3. The summed E-state index contributed by atoms with van der Waals surface area (Å²) in [7, 11) is 0. The number of piperidine rings is 1. The number of amides is 2. The molecule has 0 spiro atoms. The lowest BCUT2D eigenvalue weighted by molar-refractivity contribution is -0.385. The topological polar surface area (TPSA) is 105 Å². The number of nitro groups is 1. The molecule has 2 aromatic carbocycles. The maximum atomic E-state index is 13.2. The van der Waals surface area contributed by atoms with Crippen molar-refractivity contribution < 1.29 is 19.2 Å². The van der Waals surface area contributed by atoms with Crippen LogP contribution in [0.3, 0.4) is 0 Å². The van der Waals surface area contributed by atoms with Gasteiger partial charge in [-0.1, -0.05) is 6.07 Å². The van der Waals surface area contributed by atoms with Crippen LogP contribution < -0.4 is 10.2 Å². The second kappa shape index (κ2) is 9.93. The maximum Gasteiger partial charge on any atom is 0.410 e. The molecule has 0 unspecified atom stereocenters. The molecular weight excluding hydrogens is 448 g/mol. The Balaban J connectivity index is 1.53. The van der Waals surface area contributed by atoms with Crippen molar-refractivity contribution in [2.45, 2.75) is 58.6 Å². The largest absolute Gasteiger partial charge is 0.444 e. The Morgan fingerprint density at radius 1 is 1.00 bits per heavy atom. The Labute approximate surface area is 205 Å². The molecule has 0 saturated carbocycles. The minimum absolute atomic E-state index is 0.0335. The molecule has 0 aromatic heterocycles. The molecule has 2 aliphatic rings. The lowest BCUT2D eigenvalue weighted by Crippen LogP contribution is -2.39. The van der Waals surface area contributed by atoms with Crippen LogP contribution in [0.5, 0.6) is 0 Å². The molecule has 1 N–H and O–H groups in total. The molecule has 2 aromatic rings. The van der Waals surface area contributed by atoms with Crippen molar-refractivity contribution in [1.29, 1.82) is 0 Å². The summed E-state index contributed by atoms with van der Waals surface area (Å²) in [5.41, 5.74) is 2.59. The summed E-state index contributed by atoms with van der Waals surface area (Å²) in [5, 5.41) is 14.4. The SMILES string of the molecule is CC(C)(C)OC(=O)N1CCc2ccc(NC(=O)c3cc(N4CCCCC4)ccc3[N+](=O)[O-])cc2C1. The first-order valence-electron chi connectivity index (χ1n) is 12.1. The molecule has 9 heteroatoms. The monoisotopic (exact) mass is 480 g/mol. The Kier molecular flexibility index (Phi) is 6.95. The van der Waals surface area contributed by atoms with Crippen LogP contribution in [0.25, 0.3) is 0 Å². The van der Waals surface area contributed by atoms with Crippen LogP contribution >= 0.6 is 0 Å². The molecule has 2 aliphatic heterocycles. The van der Waals surface area contributed by atoms with Crippen LogP contribution in [-0.4, -0.2) is 47.1 Å². The van der Waals surface area contributed by atoms with Gasteiger partial charge in [0, 0.05) is 43.6 Å². The fraction of sp³-hybridized carbons (Fsp3) is 0.462. The lowest BCUT2D eigenvalue weighted by atomic mass is 9.99. The van der Waals surface area contributed by atoms with Crippen LogP contribution in [0.2, 0.25) is 0 Å². The third-order valence-electron chi connectivity index (χ3n) is 6.27. The summed E-state index contributed by atoms with van der Waals surface area (Å²) in [4.78, 5) is 40.6. The summed E-state index contributed by atoms with van der Waals surface area (Å²) in [6.07, 6.45) is 3.61. The van der Waals surface area contributed by atoms with E-state index in [1.54, 1.807) is 23.1 Å². The molecular formula is C26H32N4O5. The van der Waals surface area contributed by atoms with Crippen molar-refractivity contribution in [3.8, 4) is 0 Å². The lowest BCUT2D eigenvalue weighted by Gasteiger charge is -2.31. The fourth-order valence-corrected chi connectivity index (χ4v) is 4.53. The number of carbonyl (C=O) groups excluding carboxylic acids is 2. The molecule has 2 amide bonds. The minimum Gasteiger partial charge on any atom is -0.444 e. The highest BCUT2D eigenvalue weighted by Crippen LogP contribution is 2.29. The maximum absolute atomic E-state index is 13.2. The molecule has 2 heterocycles. The Bertz CT molecular complexity index is 1140. The third-order valence-corrected chi connectivity index (χ3v) is 6.27. The number of hydrogen-bond donors (Lipinski definition) is 1. The summed E-state index contributed by atoms with van der Waals surface area (Å²) in [6.45, 7) is 8.17. The first-order valence-corrected chi connectivity index (χ1v) is 12.1. The number of fused-ring (bicyclic) bond motifs is 1. The number of nitrogens with one attached hydrogen (secondary N) is 1. The van der Waals surface area contributed by atoms with Gasteiger partial charge in [-0.25, -0.2) is 4.79 Å². The van der Waals surface area contributed by atoms with E-state index in [2.05, 4.69) is 10.2 Å². The first-order chi connectivity index (χ1) is 16.6. The number of nitrogens with zero attached hydrogens (tertiary/aromatic N) is 3. The Morgan fingerprint density at radius 3 is 2.43 bits per heavy atom. The van der Waals surface area contributed by atoms with Gasteiger partial charge in [0.2, 0.25) is 0 Å². The Morgan fingerprint density at radius 2 is 1.74 bits per heavy atom. The van der Waals surface area contributed by atoms with Crippen molar-refractivity contribution >= 4 is 29.1 Å². The van der Waals surface area contributed by atoms with Gasteiger partial charge in [-0.2, -0.15) is 0 Å². The van der Waals surface area contributed by atoms with Crippen LogP contribution in [0.4, 0.5) is 21.9 Å². The van der Waals surface area contributed by atoms with E-state index >= 15 is 0 Å². The van der Waals surface area contributed by atoms with E-state index in [9.17, 15) is 19.7 Å². The number of carbonyl (C=O) groups is 2. The highest BCUT2D eigenvalue weighted by Gasteiger charge is 2.27. The molecule has 35 heavy (non-hydrogen) atoms. The van der Waals surface area contributed by atoms with Gasteiger partial charge in [0.05, 0.1) is 4.92 Å². The second-order valence-electron chi connectivity index (χ2n) is 10.1. The minimum atomic E-state index is -0.579. The predicted molar refractivity (Wildman–Crippen MR) is 134 cm³/mol. The van der Waals surface area contributed by atoms with Crippen molar-refractivity contribution in [3.05, 3.63) is 63.2 Å². The highest BCUT2D eigenvalue weighted by molar-refractivity contribution is 6.07. The van der Waals surface area contributed by atoms with E-state index in [4.69, 9.17) is 4.74 Å². The van der Waals surface area contributed by atoms with Crippen molar-refractivity contribution in [2.24, 2.45) is 0 Å². The number of rotatable bonds is 4. The standard InChI is InChI=1S/C26H32N4O5/c1-26(2,3)35-25(32)29-14-11-18-7-8-20(15-19(18)17-29)27-24(31)22-16-21(9-10-23(22)30(33)34)28-12-5-4-6-13-28/h7-10,15-16H,4-6,11-14,17H2,1-3H3,(H,27,31). The van der Waals surface area contributed by atoms with Gasteiger partial charge >= 0.3 is 6.09 Å². The zero-order valence-electron chi connectivity index (χ0n) is 20.5. The van der Waals surface area contributed by atoms with Crippen LogP contribution in [0.15, 0.2) is 36.4 Å². The van der Waals surface area contributed by atoms with Gasteiger partial charge in [-0.05, 0) is 81.8 Å². The molecule has 1 saturated heterocycles. The van der Waals surface area contributed by atoms with Gasteiger partial charge in [0.1, 0.15) is 11.2 Å². The predicted octanol–water partition coefficient (Wildman–Crippen LogP) is 5.13. The molecule has 9 nitrogen and oxygen atoms in total. The number of benzene rings is 2. The molecule has 0 aliphatic carbocycles. The molecule has 1 fully saturated rings. The first kappa shape index (κ1) is 24.5. The smallest absolute Gasteiger partial charge is 0.410 e. The number of ether oxygens (including phenoxy) is 1. The van der Waals surface area contributed by atoms with E-state index in [1.165, 1.54) is 12.5 Å². The van der Waals surface area contributed by atoms with E-state index in [0.717, 1.165) is 42.7 Å². The van der Waals surface area contributed by atoms with E-state index in [0.29, 0.717) is 25.2 Å². The second-order valence-corrected chi connectivity index (χ2v) is 10.1. The molecule has 186 valence electrons. The average Bonchev–Trinajstić information content (AvgIpc) is 2.82.